The van der Waals surface area contributed by atoms with Gasteiger partial charge in [-0.25, -0.2) is 13.2 Å². The van der Waals surface area contributed by atoms with Crippen molar-refractivity contribution in [2.24, 2.45) is 5.73 Å². The molecule has 12 heteroatoms. The molecular formula is C24H21F3N2O6S. The van der Waals surface area contributed by atoms with Gasteiger partial charge in [-0.3, -0.25) is 4.79 Å². The number of hydrogen-bond acceptors (Lipinski definition) is 6. The number of nitrogens with two attached hydrogens (primary N) is 1. The first-order valence-corrected chi connectivity index (χ1v) is 11.8. The van der Waals surface area contributed by atoms with Crippen LogP contribution in [0.3, 0.4) is 0 Å². The van der Waals surface area contributed by atoms with Crippen LogP contribution >= 0.6 is 0 Å². The van der Waals surface area contributed by atoms with E-state index in [0.29, 0.717) is 5.56 Å². The highest BCUT2D eigenvalue weighted by atomic mass is 32.2. The van der Waals surface area contributed by atoms with Crippen molar-refractivity contribution in [3.05, 3.63) is 95.6 Å². The number of hydrogen-bond donors (Lipinski definition) is 1. The number of nitrogens with zero attached hydrogens (tertiary/aromatic N) is 1. The number of methoxy groups -OCH3 is 1. The topological polar surface area (TPSA) is 116 Å². The second-order valence-electron chi connectivity index (χ2n) is 7.47. The third-order valence-corrected chi connectivity index (χ3v) is 6.88. The van der Waals surface area contributed by atoms with Crippen molar-refractivity contribution < 1.29 is 40.7 Å². The Balaban J connectivity index is 2.06. The predicted molar refractivity (Wildman–Crippen MR) is 122 cm³/mol. The summed E-state index contributed by atoms with van der Waals surface area (Å²) in [4.78, 5) is 23.8. The van der Waals surface area contributed by atoms with E-state index in [0.717, 1.165) is 28.6 Å². The first kappa shape index (κ1) is 26.7. The normalized spacial score (nSPS) is 12.7. The number of alkyl halides is 3. The number of sulfonamides is 1. The van der Waals surface area contributed by atoms with Crippen molar-refractivity contribution >= 4 is 21.9 Å². The quantitative estimate of drug-likeness (QED) is 0.428. The number of carbonyl (C=O) groups excluding carboxylic acids is 2. The highest BCUT2D eigenvalue weighted by molar-refractivity contribution is 7.89. The fraction of sp³-hybridized carbons (Fsp3) is 0.167. The van der Waals surface area contributed by atoms with Crippen LogP contribution < -0.4 is 10.5 Å². The van der Waals surface area contributed by atoms with Crippen LogP contribution in [-0.4, -0.2) is 38.1 Å². The molecule has 1 atom stereocenters. The number of amides is 1. The van der Waals surface area contributed by atoms with E-state index in [2.05, 4.69) is 9.47 Å². The molecule has 0 unspecified atom stereocenters. The number of benzene rings is 3. The Morgan fingerprint density at radius 2 is 1.53 bits per heavy atom. The largest absolute Gasteiger partial charge is 0.573 e. The summed E-state index contributed by atoms with van der Waals surface area (Å²) < 4.78 is 74.1. The van der Waals surface area contributed by atoms with Gasteiger partial charge in [0.1, 0.15) is 11.8 Å². The zero-order valence-corrected chi connectivity index (χ0v) is 19.6. The van der Waals surface area contributed by atoms with Crippen LogP contribution in [-0.2, 0) is 26.1 Å². The molecule has 0 radical (unpaired) electrons. The molecule has 3 aromatic carbocycles. The molecule has 0 spiro atoms. The smallest absolute Gasteiger partial charge is 0.465 e. The molecule has 0 heterocycles. The summed E-state index contributed by atoms with van der Waals surface area (Å²) in [6, 6.07) is 15.9. The van der Waals surface area contributed by atoms with Gasteiger partial charge >= 0.3 is 12.3 Å². The Morgan fingerprint density at radius 1 is 0.944 bits per heavy atom. The van der Waals surface area contributed by atoms with Gasteiger partial charge in [-0.2, -0.15) is 4.31 Å². The van der Waals surface area contributed by atoms with Crippen molar-refractivity contribution in [3.8, 4) is 5.75 Å². The summed E-state index contributed by atoms with van der Waals surface area (Å²) in [6.07, 6.45) is -4.95. The Labute approximate surface area is 205 Å². The van der Waals surface area contributed by atoms with Crippen LogP contribution in [0.25, 0.3) is 0 Å². The Hall–Kier alpha value is -3.90. The minimum atomic E-state index is -4.95. The van der Waals surface area contributed by atoms with Gasteiger partial charge in [-0.1, -0.05) is 42.5 Å². The number of esters is 1. The predicted octanol–water partition coefficient (Wildman–Crippen LogP) is 3.79. The van der Waals surface area contributed by atoms with E-state index in [4.69, 9.17) is 5.73 Å². The zero-order valence-electron chi connectivity index (χ0n) is 18.8. The van der Waals surface area contributed by atoms with Crippen LogP contribution in [0.2, 0.25) is 0 Å². The molecule has 0 aliphatic carbocycles. The number of carbonyl (C=O) groups is 2. The number of halogens is 3. The lowest BCUT2D eigenvalue weighted by Gasteiger charge is -2.29. The van der Waals surface area contributed by atoms with Crippen LogP contribution in [0.4, 0.5) is 13.2 Å². The average molecular weight is 523 g/mol. The second-order valence-corrected chi connectivity index (χ2v) is 9.36. The van der Waals surface area contributed by atoms with Crippen molar-refractivity contribution in [2.45, 2.75) is 23.8 Å². The van der Waals surface area contributed by atoms with Crippen LogP contribution in [0.5, 0.6) is 5.75 Å². The third-order valence-electron chi connectivity index (χ3n) is 5.05. The molecule has 3 rings (SSSR count). The summed E-state index contributed by atoms with van der Waals surface area (Å²) in [7, 11) is -3.26. The van der Waals surface area contributed by atoms with E-state index in [1.54, 1.807) is 18.2 Å². The molecule has 0 saturated heterocycles. The monoisotopic (exact) mass is 522 g/mol. The summed E-state index contributed by atoms with van der Waals surface area (Å²) in [5, 5.41) is 0. The molecule has 0 saturated carbocycles. The highest BCUT2D eigenvalue weighted by Crippen LogP contribution is 2.31. The summed E-state index contributed by atoms with van der Waals surface area (Å²) in [5.74, 6) is -2.17. The van der Waals surface area contributed by atoms with Crippen molar-refractivity contribution in [1.82, 2.24) is 4.31 Å². The van der Waals surface area contributed by atoms with Crippen LogP contribution in [0.15, 0.2) is 83.8 Å². The van der Waals surface area contributed by atoms with Gasteiger partial charge in [0, 0.05) is 6.54 Å². The van der Waals surface area contributed by atoms with Gasteiger partial charge in [0.2, 0.25) is 15.9 Å². The number of primary amides is 1. The molecule has 1 amide bonds. The lowest BCUT2D eigenvalue weighted by atomic mass is 10.1. The van der Waals surface area contributed by atoms with Crippen molar-refractivity contribution in [1.29, 1.82) is 0 Å². The summed E-state index contributed by atoms with van der Waals surface area (Å²) in [5.41, 5.74) is 6.55. The van der Waals surface area contributed by atoms with Gasteiger partial charge in [0.15, 0.2) is 0 Å². The minimum Gasteiger partial charge on any atom is -0.465 e. The standard InChI is InChI=1S/C24H21F3N2O6S/c1-34-23(31)18-9-7-16(8-10-18)15-29(21(22(28)30)17-5-3-2-4-6-17)36(32,33)20-13-11-19(12-14-20)35-24(25,26)27/h2-14,21H,15H2,1H3,(H2,28,30)/t21-/m1/s1. The lowest BCUT2D eigenvalue weighted by molar-refractivity contribution is -0.274. The first-order chi connectivity index (χ1) is 16.9. The Morgan fingerprint density at radius 3 is 2.03 bits per heavy atom. The van der Waals surface area contributed by atoms with Gasteiger partial charge < -0.3 is 15.2 Å². The van der Waals surface area contributed by atoms with Crippen LogP contribution in [0, 0.1) is 0 Å². The van der Waals surface area contributed by atoms with Crippen molar-refractivity contribution in [3.63, 3.8) is 0 Å². The SMILES string of the molecule is COC(=O)c1ccc(CN([C@@H](C(N)=O)c2ccccc2)S(=O)(=O)c2ccc(OC(F)(F)F)cc2)cc1. The molecule has 2 N–H and O–H groups in total. The van der Waals surface area contributed by atoms with Gasteiger partial charge in [-0.05, 0) is 47.5 Å². The maximum absolute atomic E-state index is 13.7. The molecule has 0 aliphatic heterocycles. The Kier molecular flexibility index (Phi) is 8.00. The van der Waals surface area contributed by atoms with E-state index in [-0.39, 0.29) is 22.6 Å². The molecule has 0 aliphatic rings. The van der Waals surface area contributed by atoms with Gasteiger partial charge in [-0.15, -0.1) is 13.2 Å². The molecule has 0 aromatic heterocycles. The third kappa shape index (κ3) is 6.40. The molecular weight excluding hydrogens is 501 g/mol. The summed E-state index contributed by atoms with van der Waals surface area (Å²) in [6.45, 7) is -0.340. The second kappa shape index (κ2) is 10.8. The summed E-state index contributed by atoms with van der Waals surface area (Å²) >= 11 is 0. The fourth-order valence-corrected chi connectivity index (χ4v) is 4.99. The van der Waals surface area contributed by atoms with Gasteiger partial charge in [0.05, 0.1) is 17.6 Å². The Bertz CT molecular complexity index is 1310. The highest BCUT2D eigenvalue weighted by Gasteiger charge is 2.37. The fourth-order valence-electron chi connectivity index (χ4n) is 3.42. The molecule has 0 fully saturated rings. The first-order valence-electron chi connectivity index (χ1n) is 10.3. The van der Waals surface area contributed by atoms with Gasteiger partial charge in [0.25, 0.3) is 0 Å². The molecule has 8 nitrogen and oxygen atoms in total. The van der Waals surface area contributed by atoms with E-state index >= 15 is 0 Å². The maximum Gasteiger partial charge on any atom is 0.573 e. The molecule has 3 aromatic rings. The van der Waals surface area contributed by atoms with E-state index in [1.807, 2.05) is 0 Å². The zero-order chi connectivity index (χ0) is 26.5. The van der Waals surface area contributed by atoms with E-state index in [9.17, 15) is 31.2 Å². The lowest BCUT2D eigenvalue weighted by Crippen LogP contribution is -2.41. The molecule has 190 valence electrons. The van der Waals surface area contributed by atoms with E-state index in [1.165, 1.54) is 43.5 Å². The number of ether oxygens (including phenoxy) is 2. The minimum absolute atomic E-state index is 0.227. The van der Waals surface area contributed by atoms with E-state index < -0.39 is 40.1 Å². The molecule has 0 bridgehead atoms. The average Bonchev–Trinajstić information content (AvgIpc) is 2.83. The maximum atomic E-state index is 13.7. The van der Waals surface area contributed by atoms with Crippen LogP contribution in [0.1, 0.15) is 27.5 Å². The molecule has 36 heavy (non-hydrogen) atoms. The number of rotatable bonds is 9. The van der Waals surface area contributed by atoms with Crippen molar-refractivity contribution in [2.75, 3.05) is 7.11 Å².